The summed E-state index contributed by atoms with van der Waals surface area (Å²) in [7, 11) is 0. The minimum absolute atomic E-state index is 0.0198. The number of pyridine rings is 1. The van der Waals surface area contributed by atoms with Crippen LogP contribution in [0.15, 0.2) is 128 Å². The van der Waals surface area contributed by atoms with Crippen molar-refractivity contribution in [3.05, 3.63) is 183 Å². The Hall–Kier alpha value is -6.75. The van der Waals surface area contributed by atoms with E-state index in [9.17, 15) is 115 Å². The zero-order chi connectivity index (χ0) is 58.3. The molecule has 0 N–H and O–H groups in total. The van der Waals surface area contributed by atoms with Crippen molar-refractivity contribution in [1.29, 1.82) is 0 Å². The number of hydrogen-bond donors (Lipinski definition) is 0. The molecular formula is C47H25BBrF24NO3. The van der Waals surface area contributed by atoms with Gasteiger partial charge in [0.2, 0.25) is 12.3 Å². The molecule has 0 radical (unpaired) electrons. The number of nitrogens with zero attached hydrogens (tertiary/aromatic N) is 1. The SMILES string of the molecule is FC(F)(F)c1cc([B-](c2cc(C(F)(F)F)cc(C(F)(F)F)c2)(c2cc(C(F)(F)F)cc(C(F)(F)F)c2)c2cc(C(F)(F)F)cc(C(F)(F)F)c2)cc(C(F)(F)F)c1.O=C(C[n+]1ccc(C(=O)OCBr)cc1)c1ccccc1. The maximum atomic E-state index is 14.2. The third-order valence-electron chi connectivity index (χ3n) is 11.2. The molecule has 6 aromatic rings. The number of carbonyl (C=O) groups excluding carboxylic acids is 2. The first-order valence-corrected chi connectivity index (χ1v) is 21.7. The lowest BCUT2D eigenvalue weighted by Crippen LogP contribution is -2.75. The van der Waals surface area contributed by atoms with Gasteiger partial charge in [-0.15, -0.1) is 0 Å². The largest absolute Gasteiger partial charge is 0.450 e. The Balaban J connectivity index is 0.000000455. The Kier molecular flexibility index (Phi) is 17.1. The van der Waals surface area contributed by atoms with E-state index in [0.717, 1.165) is 0 Å². The molecule has 1 heterocycles. The Morgan fingerprint density at radius 2 is 0.623 bits per heavy atom. The highest BCUT2D eigenvalue weighted by atomic mass is 79.9. The standard InChI is InChI=1S/C32H12BF24.C15H13BrNO3/c34-25(35,36)13-1-14(26(37,38)39)6-21(5-13)33(22-7-15(27(40,41)42)2-16(8-22)28(43,44)45,23-9-17(29(46,47)48)3-18(10-23)30(49,50)51)24-11-19(31(52,53)54)4-20(12-24)32(55,56)57;16-11-20-15(19)13-6-8-17(9-7-13)10-14(18)12-4-2-1-3-5-12/h1-12H;1-9H,10-11H2/q-1;+1. The van der Waals surface area contributed by atoms with Gasteiger partial charge in [-0.3, -0.25) is 4.79 Å². The van der Waals surface area contributed by atoms with Crippen molar-refractivity contribution in [2.24, 2.45) is 0 Å². The van der Waals surface area contributed by atoms with E-state index in [1.807, 2.05) is 18.2 Å². The van der Waals surface area contributed by atoms with E-state index in [1.54, 1.807) is 41.2 Å². The zero-order valence-electron chi connectivity index (χ0n) is 37.2. The van der Waals surface area contributed by atoms with Crippen LogP contribution in [0.4, 0.5) is 105 Å². The van der Waals surface area contributed by atoms with Crippen LogP contribution in [0.25, 0.3) is 0 Å². The van der Waals surface area contributed by atoms with Gasteiger partial charge in [0.15, 0.2) is 12.4 Å². The van der Waals surface area contributed by atoms with Crippen molar-refractivity contribution in [2.45, 2.75) is 56.0 Å². The van der Waals surface area contributed by atoms with Gasteiger partial charge >= 0.3 is 55.4 Å². The van der Waals surface area contributed by atoms with Gasteiger partial charge in [0.25, 0.3) is 0 Å². The smallest absolute Gasteiger partial charge is 0.416 e. The average molecular weight is 1200 g/mol. The number of benzene rings is 5. The monoisotopic (exact) mass is 1200 g/mol. The number of carbonyl (C=O) groups is 2. The van der Waals surface area contributed by atoms with Crippen LogP contribution in [0.1, 0.15) is 65.2 Å². The predicted octanol–water partition coefficient (Wildman–Crippen LogP) is 13.6. The van der Waals surface area contributed by atoms with Gasteiger partial charge in [-0.1, -0.05) is 78.9 Å². The summed E-state index contributed by atoms with van der Waals surface area (Å²) in [5.41, 5.74) is -28.9. The van der Waals surface area contributed by atoms with Crippen molar-refractivity contribution in [3.8, 4) is 0 Å². The number of Topliss-reactive ketones (excluding diaryl/α,β-unsaturated/α-hetero) is 1. The minimum atomic E-state index is -6.13. The summed E-state index contributed by atoms with van der Waals surface area (Å²) < 4.78 is 347. The van der Waals surface area contributed by atoms with Crippen molar-refractivity contribution < 1.29 is 124 Å². The molecular weight excluding hydrogens is 1170 g/mol. The highest BCUT2D eigenvalue weighted by Crippen LogP contribution is 2.41. The molecule has 0 fully saturated rings. The molecule has 0 aliphatic rings. The lowest BCUT2D eigenvalue weighted by molar-refractivity contribution is -0.683. The van der Waals surface area contributed by atoms with Crippen LogP contribution >= 0.6 is 15.9 Å². The second kappa shape index (κ2) is 21.6. The highest BCUT2D eigenvalue weighted by molar-refractivity contribution is 9.09. The molecule has 0 spiro atoms. The van der Waals surface area contributed by atoms with Crippen molar-refractivity contribution in [3.63, 3.8) is 0 Å². The molecule has 77 heavy (non-hydrogen) atoms. The molecule has 0 bridgehead atoms. The van der Waals surface area contributed by atoms with E-state index in [-0.39, 0.29) is 17.8 Å². The van der Waals surface area contributed by atoms with E-state index in [0.29, 0.717) is 11.1 Å². The zero-order valence-corrected chi connectivity index (χ0v) is 38.8. The van der Waals surface area contributed by atoms with E-state index in [4.69, 9.17) is 4.74 Å². The maximum absolute atomic E-state index is 14.2. The molecule has 414 valence electrons. The lowest BCUT2D eigenvalue weighted by atomic mass is 9.12. The normalized spacial score (nSPS) is 13.2. The summed E-state index contributed by atoms with van der Waals surface area (Å²) >= 11 is 3.03. The average Bonchev–Trinajstić information content (AvgIpc) is 3.30. The van der Waals surface area contributed by atoms with Gasteiger partial charge in [0, 0.05) is 17.7 Å². The first-order valence-electron chi connectivity index (χ1n) is 20.6. The van der Waals surface area contributed by atoms with Crippen LogP contribution in [0.2, 0.25) is 0 Å². The second-order valence-corrected chi connectivity index (χ2v) is 16.8. The molecule has 0 aliphatic heterocycles. The van der Waals surface area contributed by atoms with Crippen LogP contribution in [-0.4, -0.2) is 23.4 Å². The number of rotatable bonds is 9. The first-order chi connectivity index (χ1) is 35.0. The first kappa shape index (κ1) is 61.1. The van der Waals surface area contributed by atoms with Crippen LogP contribution in [0.3, 0.4) is 0 Å². The Morgan fingerprint density at radius 3 is 0.844 bits per heavy atom. The lowest BCUT2D eigenvalue weighted by Gasteiger charge is -2.46. The van der Waals surface area contributed by atoms with Crippen LogP contribution in [0.5, 0.6) is 0 Å². The fraction of sp³-hybridized carbons (Fsp3) is 0.213. The van der Waals surface area contributed by atoms with Crippen LogP contribution in [-0.2, 0) is 60.7 Å². The van der Waals surface area contributed by atoms with E-state index in [1.165, 1.54) is 0 Å². The number of ether oxygens (including phenoxy) is 1. The van der Waals surface area contributed by atoms with E-state index < -0.39 is 201 Å². The molecule has 0 aliphatic carbocycles. The molecule has 1 aromatic heterocycles. The molecule has 30 heteroatoms. The van der Waals surface area contributed by atoms with E-state index in [2.05, 4.69) is 15.9 Å². The second-order valence-electron chi connectivity index (χ2n) is 16.3. The van der Waals surface area contributed by atoms with Crippen molar-refractivity contribution in [1.82, 2.24) is 0 Å². The summed E-state index contributed by atoms with van der Waals surface area (Å²) in [6.45, 7) is 0.234. The number of alkyl halides is 25. The topological polar surface area (TPSA) is 47.2 Å². The third kappa shape index (κ3) is 14.6. The summed E-state index contributed by atoms with van der Waals surface area (Å²) in [6.07, 6.45) is -51.4. The summed E-state index contributed by atoms with van der Waals surface area (Å²) in [4.78, 5) is 23.5. The third-order valence-corrected chi connectivity index (χ3v) is 11.4. The van der Waals surface area contributed by atoms with Gasteiger partial charge in [0.05, 0.1) is 50.1 Å². The van der Waals surface area contributed by atoms with Gasteiger partial charge in [-0.25, -0.2) is 4.79 Å². The fourth-order valence-electron chi connectivity index (χ4n) is 7.78. The quantitative estimate of drug-likeness (QED) is 0.0362. The van der Waals surface area contributed by atoms with Gasteiger partial charge in [-0.2, -0.15) is 132 Å². The minimum Gasteiger partial charge on any atom is -0.450 e. The molecule has 0 saturated carbocycles. The number of halogens is 25. The van der Waals surface area contributed by atoms with Crippen LogP contribution < -0.4 is 26.4 Å². The predicted molar refractivity (Wildman–Crippen MR) is 227 cm³/mol. The molecule has 0 atom stereocenters. The number of aromatic nitrogens is 1. The number of ketones is 1. The van der Waals surface area contributed by atoms with Crippen molar-refractivity contribution >= 4 is 55.7 Å². The van der Waals surface area contributed by atoms with Gasteiger partial charge in [-0.05, 0) is 40.2 Å². The number of esters is 1. The van der Waals surface area contributed by atoms with Gasteiger partial charge in [0.1, 0.15) is 11.7 Å². The maximum Gasteiger partial charge on any atom is 0.416 e. The number of hydrogen-bond acceptors (Lipinski definition) is 3. The molecule has 5 aromatic carbocycles. The fourth-order valence-corrected chi connectivity index (χ4v) is 7.99. The molecule has 0 saturated heterocycles. The highest BCUT2D eigenvalue weighted by Gasteiger charge is 2.47. The molecule has 0 unspecified atom stereocenters. The molecule has 6 rings (SSSR count). The van der Waals surface area contributed by atoms with Gasteiger partial charge < -0.3 is 4.74 Å². The Morgan fingerprint density at radius 1 is 0.377 bits per heavy atom. The molecule has 0 amide bonds. The van der Waals surface area contributed by atoms with E-state index >= 15 is 0 Å². The summed E-state index contributed by atoms with van der Waals surface area (Å²) in [5.74, 6) is -0.380. The van der Waals surface area contributed by atoms with Crippen molar-refractivity contribution in [2.75, 3.05) is 5.52 Å². The summed E-state index contributed by atoms with van der Waals surface area (Å²) in [6, 6.07) is 3.54. The Bertz CT molecular complexity index is 2660. The Labute approximate surface area is 423 Å². The molecule has 4 nitrogen and oxygen atoms in total. The summed E-state index contributed by atoms with van der Waals surface area (Å²) in [5, 5.41) is 0. The van der Waals surface area contributed by atoms with Crippen LogP contribution in [0, 0.1) is 0 Å².